The van der Waals surface area contributed by atoms with Crippen molar-refractivity contribution < 1.29 is 32.9 Å². The summed E-state index contributed by atoms with van der Waals surface area (Å²) in [6.07, 6.45) is -4.82. The molecule has 10 nitrogen and oxygen atoms in total. The SMILES string of the molecule is CCCCNc1nc(NC(=O)O)nc2c(C(F)(F)F)nn(Cc3ccc(CO)cc3OC)c12. The summed E-state index contributed by atoms with van der Waals surface area (Å²) in [7, 11) is 1.41. The van der Waals surface area contributed by atoms with Gasteiger partial charge in [0.25, 0.3) is 0 Å². The molecule has 0 unspecified atom stereocenters. The minimum atomic E-state index is -4.84. The van der Waals surface area contributed by atoms with E-state index in [0.717, 1.165) is 11.1 Å². The Balaban J connectivity index is 2.20. The summed E-state index contributed by atoms with van der Waals surface area (Å²) in [4.78, 5) is 18.9. The van der Waals surface area contributed by atoms with Gasteiger partial charge in [0.1, 0.15) is 16.8 Å². The number of fused-ring (bicyclic) bond motifs is 1. The Labute approximate surface area is 186 Å². The van der Waals surface area contributed by atoms with E-state index < -0.39 is 29.4 Å². The van der Waals surface area contributed by atoms with Crippen molar-refractivity contribution in [3.63, 3.8) is 0 Å². The summed E-state index contributed by atoms with van der Waals surface area (Å²) < 4.78 is 47.8. The van der Waals surface area contributed by atoms with Crippen molar-refractivity contribution in [2.24, 2.45) is 0 Å². The van der Waals surface area contributed by atoms with Crippen LogP contribution in [0.15, 0.2) is 18.2 Å². The number of hydrogen-bond donors (Lipinski definition) is 4. The van der Waals surface area contributed by atoms with Gasteiger partial charge in [-0.15, -0.1) is 0 Å². The highest BCUT2D eigenvalue weighted by atomic mass is 19.4. The summed E-state index contributed by atoms with van der Waals surface area (Å²) >= 11 is 0. The van der Waals surface area contributed by atoms with E-state index in [0.29, 0.717) is 29.8 Å². The molecule has 0 spiro atoms. The molecule has 178 valence electrons. The molecule has 0 aliphatic rings. The first-order chi connectivity index (χ1) is 15.7. The fourth-order valence-corrected chi connectivity index (χ4v) is 3.23. The zero-order valence-corrected chi connectivity index (χ0v) is 17.9. The van der Waals surface area contributed by atoms with Gasteiger partial charge in [-0.2, -0.15) is 23.3 Å². The van der Waals surface area contributed by atoms with Gasteiger partial charge in [-0.3, -0.25) is 10.00 Å². The van der Waals surface area contributed by atoms with Crippen LogP contribution in [0.25, 0.3) is 11.0 Å². The fourth-order valence-electron chi connectivity index (χ4n) is 3.23. The monoisotopic (exact) mass is 468 g/mol. The normalized spacial score (nSPS) is 11.6. The zero-order chi connectivity index (χ0) is 24.2. The van der Waals surface area contributed by atoms with E-state index >= 15 is 0 Å². The Bertz CT molecular complexity index is 1150. The third-order valence-corrected chi connectivity index (χ3v) is 4.75. The third kappa shape index (κ3) is 5.42. The second-order valence-electron chi connectivity index (χ2n) is 7.11. The van der Waals surface area contributed by atoms with Gasteiger partial charge in [-0.05, 0) is 18.1 Å². The molecule has 0 atom stereocenters. The second-order valence-corrected chi connectivity index (χ2v) is 7.11. The van der Waals surface area contributed by atoms with Gasteiger partial charge in [0.05, 0.1) is 20.3 Å². The second kappa shape index (κ2) is 9.90. The molecule has 3 aromatic rings. The molecule has 0 bridgehead atoms. The molecule has 3 rings (SSSR count). The van der Waals surface area contributed by atoms with E-state index in [1.807, 2.05) is 12.2 Å². The number of hydrogen-bond acceptors (Lipinski definition) is 7. The van der Waals surface area contributed by atoms with Crippen molar-refractivity contribution in [1.29, 1.82) is 0 Å². The van der Waals surface area contributed by atoms with Gasteiger partial charge < -0.3 is 20.3 Å². The minimum Gasteiger partial charge on any atom is -0.496 e. The first-order valence-electron chi connectivity index (χ1n) is 10.0. The Hall–Kier alpha value is -3.61. The maximum atomic E-state index is 13.8. The van der Waals surface area contributed by atoms with Crippen molar-refractivity contribution >= 4 is 28.9 Å². The number of unbranched alkanes of at least 4 members (excludes halogenated alkanes) is 1. The topological polar surface area (TPSA) is 134 Å². The number of carbonyl (C=O) groups is 1. The number of anilines is 2. The Morgan fingerprint density at radius 1 is 1.27 bits per heavy atom. The molecule has 2 aromatic heterocycles. The summed E-state index contributed by atoms with van der Waals surface area (Å²) in [5, 5.41) is 26.9. The number of ether oxygens (including phenoxy) is 1. The molecule has 2 heterocycles. The fraction of sp³-hybridized carbons (Fsp3) is 0.400. The molecular weight excluding hydrogens is 445 g/mol. The first-order valence-corrected chi connectivity index (χ1v) is 10.0. The number of nitrogens with zero attached hydrogens (tertiary/aromatic N) is 4. The van der Waals surface area contributed by atoms with Crippen LogP contribution in [0.1, 0.15) is 36.6 Å². The maximum Gasteiger partial charge on any atom is 0.437 e. The number of rotatable bonds is 9. The van der Waals surface area contributed by atoms with Gasteiger partial charge in [0.15, 0.2) is 11.5 Å². The molecule has 0 aliphatic heterocycles. The van der Waals surface area contributed by atoms with Crippen LogP contribution in [0.5, 0.6) is 5.75 Å². The van der Waals surface area contributed by atoms with Crippen LogP contribution in [0.3, 0.4) is 0 Å². The zero-order valence-electron chi connectivity index (χ0n) is 17.9. The lowest BCUT2D eigenvalue weighted by Crippen LogP contribution is -2.14. The highest BCUT2D eigenvalue weighted by Crippen LogP contribution is 2.36. The van der Waals surface area contributed by atoms with Crippen molar-refractivity contribution in [3.05, 3.63) is 35.0 Å². The summed E-state index contributed by atoms with van der Waals surface area (Å²) in [6, 6.07) is 4.83. The van der Waals surface area contributed by atoms with Crippen LogP contribution in [0.4, 0.5) is 29.7 Å². The van der Waals surface area contributed by atoms with E-state index in [1.165, 1.54) is 7.11 Å². The number of aliphatic hydroxyl groups is 1. The van der Waals surface area contributed by atoms with Crippen molar-refractivity contribution in [1.82, 2.24) is 19.7 Å². The smallest absolute Gasteiger partial charge is 0.437 e. The lowest BCUT2D eigenvalue weighted by atomic mass is 10.1. The third-order valence-electron chi connectivity index (χ3n) is 4.75. The largest absolute Gasteiger partial charge is 0.496 e. The first kappa shape index (κ1) is 24.0. The molecule has 33 heavy (non-hydrogen) atoms. The molecule has 1 amide bonds. The predicted octanol–water partition coefficient (Wildman–Crippen LogP) is 3.70. The molecule has 0 saturated heterocycles. The number of amides is 1. The lowest BCUT2D eigenvalue weighted by Gasteiger charge is -2.13. The Morgan fingerprint density at radius 3 is 2.64 bits per heavy atom. The summed E-state index contributed by atoms with van der Waals surface area (Å²) in [6.45, 7) is 2.01. The average molecular weight is 468 g/mol. The molecule has 0 saturated carbocycles. The highest BCUT2D eigenvalue weighted by Gasteiger charge is 2.39. The van der Waals surface area contributed by atoms with Gasteiger partial charge in [-0.1, -0.05) is 25.5 Å². The lowest BCUT2D eigenvalue weighted by molar-refractivity contribution is -0.140. The van der Waals surface area contributed by atoms with Crippen LogP contribution in [-0.2, 0) is 19.3 Å². The highest BCUT2D eigenvalue weighted by molar-refractivity contribution is 5.91. The van der Waals surface area contributed by atoms with E-state index in [2.05, 4.69) is 20.4 Å². The molecule has 13 heteroatoms. The van der Waals surface area contributed by atoms with Gasteiger partial charge >= 0.3 is 12.3 Å². The number of methoxy groups -OCH3 is 1. The van der Waals surface area contributed by atoms with E-state index in [1.54, 1.807) is 18.2 Å². The van der Waals surface area contributed by atoms with Crippen LogP contribution < -0.4 is 15.4 Å². The number of benzene rings is 1. The van der Waals surface area contributed by atoms with Crippen LogP contribution in [0, 0.1) is 0 Å². The maximum absolute atomic E-state index is 13.8. The summed E-state index contributed by atoms with van der Waals surface area (Å²) in [5.74, 6) is -0.112. The quantitative estimate of drug-likeness (QED) is 0.349. The van der Waals surface area contributed by atoms with Crippen LogP contribution >= 0.6 is 0 Å². The number of carboxylic acid groups (broad SMARTS) is 1. The predicted molar refractivity (Wildman–Crippen MR) is 113 cm³/mol. The van der Waals surface area contributed by atoms with E-state index in [-0.39, 0.29) is 24.5 Å². The number of nitrogens with one attached hydrogen (secondary N) is 2. The number of aliphatic hydroxyl groups excluding tert-OH is 1. The van der Waals surface area contributed by atoms with Crippen LogP contribution in [0.2, 0.25) is 0 Å². The van der Waals surface area contributed by atoms with Gasteiger partial charge in [0.2, 0.25) is 5.95 Å². The van der Waals surface area contributed by atoms with Crippen molar-refractivity contribution in [2.45, 2.75) is 39.1 Å². The molecule has 0 fully saturated rings. The van der Waals surface area contributed by atoms with E-state index in [9.17, 15) is 23.1 Å². The number of halogens is 3. The molecular formula is C20H23F3N6O4. The minimum absolute atomic E-state index is 0.0196. The van der Waals surface area contributed by atoms with Gasteiger partial charge in [-0.25, -0.2) is 9.78 Å². The van der Waals surface area contributed by atoms with Crippen molar-refractivity contribution in [3.8, 4) is 5.75 Å². The van der Waals surface area contributed by atoms with Crippen molar-refractivity contribution in [2.75, 3.05) is 24.3 Å². The Morgan fingerprint density at radius 2 is 2.03 bits per heavy atom. The van der Waals surface area contributed by atoms with E-state index in [4.69, 9.17) is 9.84 Å². The molecule has 1 aromatic carbocycles. The van der Waals surface area contributed by atoms with Gasteiger partial charge in [0, 0.05) is 12.1 Å². The molecule has 4 N–H and O–H groups in total. The number of aromatic nitrogens is 4. The number of alkyl halides is 3. The molecule has 0 aliphatic carbocycles. The average Bonchev–Trinajstić information content (AvgIpc) is 3.12. The standard InChI is InChI=1S/C20H23F3N6O4/c1-3-4-7-24-17-15-14(25-18(26-17)27-19(31)32)16(20(21,22)23)28-29(15)9-12-6-5-11(10-30)8-13(12)33-2/h5-6,8,30H,3-4,7,9-10H2,1-2H3,(H,31,32)(H2,24,25,26,27). The summed E-state index contributed by atoms with van der Waals surface area (Å²) in [5.41, 5.74) is -0.738. The van der Waals surface area contributed by atoms with Crippen LogP contribution in [-0.4, -0.2) is 49.7 Å². The molecule has 0 radical (unpaired) electrons. The Kier molecular flexibility index (Phi) is 7.21.